The van der Waals surface area contributed by atoms with Gasteiger partial charge in [0.1, 0.15) is 0 Å². The Morgan fingerprint density at radius 1 is 1.44 bits per heavy atom. The molecule has 1 saturated heterocycles. The van der Waals surface area contributed by atoms with Gasteiger partial charge >= 0.3 is 0 Å². The van der Waals surface area contributed by atoms with Crippen molar-refractivity contribution >= 4 is 21.9 Å². The minimum atomic E-state index is 0.137. The number of aromatic nitrogens is 2. The predicted molar refractivity (Wildman–Crippen MR) is 76.7 cm³/mol. The van der Waals surface area contributed by atoms with E-state index in [0.29, 0.717) is 10.7 Å². The second-order valence-electron chi connectivity index (χ2n) is 5.00. The number of rotatable bonds is 3. The number of aryl methyl sites for hydroxylation is 1. The first kappa shape index (κ1) is 13.6. The van der Waals surface area contributed by atoms with Crippen LogP contribution in [0, 0.1) is 6.92 Å². The fourth-order valence-corrected chi connectivity index (χ4v) is 2.75. The third-order valence-electron chi connectivity index (χ3n) is 2.82. The highest BCUT2D eigenvalue weighted by atomic mass is 79.9. The van der Waals surface area contributed by atoms with Gasteiger partial charge < -0.3 is 9.64 Å². The zero-order valence-electron chi connectivity index (χ0n) is 11.2. The van der Waals surface area contributed by atoms with Crippen LogP contribution in [0.4, 0.5) is 5.95 Å². The van der Waals surface area contributed by atoms with E-state index >= 15 is 0 Å². The Hall–Kier alpha value is -0.840. The van der Waals surface area contributed by atoms with Gasteiger partial charge in [-0.05, 0) is 33.6 Å². The number of anilines is 1. The lowest BCUT2D eigenvalue weighted by Gasteiger charge is -2.30. The molecule has 100 valence electrons. The van der Waals surface area contributed by atoms with Gasteiger partial charge in [-0.1, -0.05) is 15.9 Å². The number of hydrogen-bond acceptors (Lipinski definition) is 4. The van der Waals surface area contributed by atoms with Crippen molar-refractivity contribution in [3.8, 4) is 5.88 Å². The highest BCUT2D eigenvalue weighted by molar-refractivity contribution is 9.09. The number of hydrogen-bond donors (Lipinski definition) is 0. The standard InChI is InChI=1S/C13H20BrN3O/c1-9(2)18-12-7-10(3)15-13(16-12)17-6-4-5-11(14)8-17/h7,9,11H,4-6,8H2,1-3H3. The van der Waals surface area contributed by atoms with Gasteiger partial charge in [0.25, 0.3) is 0 Å². The van der Waals surface area contributed by atoms with Gasteiger partial charge in [-0.2, -0.15) is 4.98 Å². The molecule has 0 aromatic carbocycles. The monoisotopic (exact) mass is 313 g/mol. The highest BCUT2D eigenvalue weighted by Gasteiger charge is 2.20. The average molecular weight is 314 g/mol. The van der Waals surface area contributed by atoms with Crippen LogP contribution in [0.25, 0.3) is 0 Å². The normalized spacial score (nSPS) is 20.3. The van der Waals surface area contributed by atoms with E-state index in [9.17, 15) is 0 Å². The molecule has 0 N–H and O–H groups in total. The summed E-state index contributed by atoms with van der Waals surface area (Å²) < 4.78 is 5.66. The molecule has 18 heavy (non-hydrogen) atoms. The molecule has 5 heteroatoms. The largest absolute Gasteiger partial charge is 0.475 e. The van der Waals surface area contributed by atoms with Crippen LogP contribution in [0.3, 0.4) is 0 Å². The molecule has 1 aliphatic heterocycles. The highest BCUT2D eigenvalue weighted by Crippen LogP contribution is 2.23. The molecule has 0 saturated carbocycles. The Bertz CT molecular complexity index is 411. The van der Waals surface area contributed by atoms with Crippen molar-refractivity contribution in [3.05, 3.63) is 11.8 Å². The molecule has 0 amide bonds. The summed E-state index contributed by atoms with van der Waals surface area (Å²) in [4.78, 5) is 11.8. The lowest BCUT2D eigenvalue weighted by molar-refractivity contribution is 0.232. The van der Waals surface area contributed by atoms with Crippen LogP contribution in [0.1, 0.15) is 32.4 Å². The maximum atomic E-state index is 5.66. The second-order valence-corrected chi connectivity index (χ2v) is 6.29. The lowest BCUT2D eigenvalue weighted by atomic mass is 10.1. The summed E-state index contributed by atoms with van der Waals surface area (Å²) in [5, 5.41) is 0. The molecule has 1 atom stereocenters. The first-order valence-corrected chi connectivity index (χ1v) is 7.37. The van der Waals surface area contributed by atoms with Crippen molar-refractivity contribution in [2.75, 3.05) is 18.0 Å². The van der Waals surface area contributed by atoms with E-state index < -0.39 is 0 Å². The Balaban J connectivity index is 2.18. The Morgan fingerprint density at radius 2 is 2.22 bits per heavy atom. The summed E-state index contributed by atoms with van der Waals surface area (Å²) >= 11 is 3.67. The fraction of sp³-hybridized carbons (Fsp3) is 0.692. The van der Waals surface area contributed by atoms with Crippen molar-refractivity contribution in [1.29, 1.82) is 0 Å². The van der Waals surface area contributed by atoms with Crippen LogP contribution in [0.2, 0.25) is 0 Å². The van der Waals surface area contributed by atoms with Gasteiger partial charge in [0.2, 0.25) is 11.8 Å². The van der Waals surface area contributed by atoms with Crippen LogP contribution >= 0.6 is 15.9 Å². The molecule has 1 unspecified atom stereocenters. The van der Waals surface area contributed by atoms with Gasteiger partial charge in [0.05, 0.1) is 6.10 Å². The average Bonchev–Trinajstić information content (AvgIpc) is 2.27. The molecule has 0 radical (unpaired) electrons. The van der Waals surface area contributed by atoms with Gasteiger partial charge in [-0.3, -0.25) is 0 Å². The number of ether oxygens (including phenoxy) is 1. The molecule has 0 aliphatic carbocycles. The van der Waals surface area contributed by atoms with Gasteiger partial charge in [0, 0.05) is 29.7 Å². The van der Waals surface area contributed by atoms with Crippen LogP contribution < -0.4 is 9.64 Å². The molecule has 0 spiro atoms. The van der Waals surface area contributed by atoms with E-state index in [0.717, 1.165) is 24.7 Å². The van der Waals surface area contributed by atoms with Crippen molar-refractivity contribution in [1.82, 2.24) is 9.97 Å². The third-order valence-corrected chi connectivity index (χ3v) is 3.57. The van der Waals surface area contributed by atoms with Crippen LogP contribution in [0.5, 0.6) is 5.88 Å². The molecule has 1 aromatic rings. The number of nitrogens with zero attached hydrogens (tertiary/aromatic N) is 3. The topological polar surface area (TPSA) is 38.2 Å². The minimum Gasteiger partial charge on any atom is -0.475 e. The molecule has 1 aliphatic rings. The van der Waals surface area contributed by atoms with E-state index in [-0.39, 0.29) is 6.10 Å². The quantitative estimate of drug-likeness (QED) is 0.804. The van der Waals surface area contributed by atoms with Gasteiger partial charge in [-0.25, -0.2) is 4.98 Å². The summed E-state index contributed by atoms with van der Waals surface area (Å²) in [7, 11) is 0. The zero-order valence-corrected chi connectivity index (χ0v) is 12.8. The van der Waals surface area contributed by atoms with Crippen LogP contribution in [-0.2, 0) is 0 Å². The summed E-state index contributed by atoms with van der Waals surface area (Å²) in [6.45, 7) is 7.98. The Kier molecular flexibility index (Phi) is 4.43. The zero-order chi connectivity index (χ0) is 13.1. The van der Waals surface area contributed by atoms with Crippen molar-refractivity contribution in [3.63, 3.8) is 0 Å². The van der Waals surface area contributed by atoms with E-state index in [1.807, 2.05) is 26.8 Å². The van der Waals surface area contributed by atoms with E-state index in [2.05, 4.69) is 30.8 Å². The summed E-state index contributed by atoms with van der Waals surface area (Å²) in [6, 6.07) is 1.89. The molecule has 2 heterocycles. The Labute approximate surface area is 117 Å². The van der Waals surface area contributed by atoms with Crippen molar-refractivity contribution in [2.24, 2.45) is 0 Å². The maximum absolute atomic E-state index is 5.66. The molecule has 1 fully saturated rings. The number of piperidine rings is 1. The third kappa shape index (κ3) is 3.57. The smallest absolute Gasteiger partial charge is 0.228 e. The summed E-state index contributed by atoms with van der Waals surface area (Å²) in [5.74, 6) is 1.46. The SMILES string of the molecule is Cc1cc(OC(C)C)nc(N2CCCC(Br)C2)n1. The molecular weight excluding hydrogens is 294 g/mol. The fourth-order valence-electron chi connectivity index (χ4n) is 2.07. The molecule has 2 rings (SSSR count). The van der Waals surface area contributed by atoms with Crippen LogP contribution in [0.15, 0.2) is 6.07 Å². The molecule has 4 nitrogen and oxygen atoms in total. The number of alkyl halides is 1. The maximum Gasteiger partial charge on any atom is 0.228 e. The predicted octanol–water partition coefficient (Wildman–Crippen LogP) is 2.94. The first-order valence-electron chi connectivity index (χ1n) is 6.46. The summed E-state index contributed by atoms with van der Waals surface area (Å²) in [6.07, 6.45) is 2.53. The van der Waals surface area contributed by atoms with Gasteiger partial charge in [0.15, 0.2) is 0 Å². The van der Waals surface area contributed by atoms with E-state index in [4.69, 9.17) is 4.74 Å². The van der Waals surface area contributed by atoms with Crippen molar-refractivity contribution < 1.29 is 4.74 Å². The second kappa shape index (κ2) is 5.87. The minimum absolute atomic E-state index is 0.137. The Morgan fingerprint density at radius 3 is 2.89 bits per heavy atom. The first-order chi connectivity index (χ1) is 8.54. The summed E-state index contributed by atoms with van der Waals surface area (Å²) in [5.41, 5.74) is 0.951. The van der Waals surface area contributed by atoms with E-state index in [1.165, 1.54) is 12.8 Å². The molecular formula is C13H20BrN3O. The lowest BCUT2D eigenvalue weighted by Crippen LogP contribution is -2.37. The number of halogens is 1. The van der Waals surface area contributed by atoms with Gasteiger partial charge in [-0.15, -0.1) is 0 Å². The van der Waals surface area contributed by atoms with Crippen LogP contribution in [-0.4, -0.2) is 34.0 Å². The molecule has 1 aromatic heterocycles. The molecule has 0 bridgehead atoms. The van der Waals surface area contributed by atoms with E-state index in [1.54, 1.807) is 0 Å². The van der Waals surface area contributed by atoms with Crippen molar-refractivity contribution in [2.45, 2.75) is 44.5 Å².